The lowest BCUT2D eigenvalue weighted by Crippen LogP contribution is -2.43. The van der Waals surface area contributed by atoms with Gasteiger partial charge in [-0.2, -0.15) is 0 Å². The largest absolute Gasteiger partial charge is 0.379 e. The van der Waals surface area contributed by atoms with E-state index in [-0.39, 0.29) is 18.3 Å². The normalized spacial score (nSPS) is 13.9. The fourth-order valence-electron chi connectivity index (χ4n) is 4.37. The zero-order valence-corrected chi connectivity index (χ0v) is 22.5. The lowest BCUT2D eigenvalue weighted by molar-refractivity contribution is -0.118. The number of hydrogen-bond acceptors (Lipinski definition) is 5. The van der Waals surface area contributed by atoms with Gasteiger partial charge in [0.2, 0.25) is 5.91 Å². The second kappa shape index (κ2) is 12.2. The summed E-state index contributed by atoms with van der Waals surface area (Å²) in [7, 11) is 0. The fourth-order valence-corrected chi connectivity index (χ4v) is 5.83. The van der Waals surface area contributed by atoms with Crippen LogP contribution < -0.4 is 4.90 Å². The zero-order chi connectivity index (χ0) is 24.2. The Kier molecular flexibility index (Phi) is 8.99. The summed E-state index contributed by atoms with van der Waals surface area (Å²) in [5.74, 6) is 0.0496. The summed E-state index contributed by atoms with van der Waals surface area (Å²) < 4.78 is 6.48. The van der Waals surface area contributed by atoms with E-state index >= 15 is 0 Å². The van der Waals surface area contributed by atoms with E-state index in [2.05, 4.69) is 29.2 Å². The maximum absolute atomic E-state index is 13.6. The number of nitrogens with zero attached hydrogens (tertiary/aromatic N) is 3. The molecule has 188 valence electrons. The second-order valence-corrected chi connectivity index (χ2v) is 10.3. The van der Waals surface area contributed by atoms with Crippen LogP contribution in [0.4, 0.5) is 5.13 Å². The number of morpholine rings is 1. The number of anilines is 1. The van der Waals surface area contributed by atoms with Crippen molar-refractivity contribution in [3.05, 3.63) is 82.9 Å². The number of amides is 1. The number of rotatable bonds is 7. The Morgan fingerprint density at radius 3 is 2.47 bits per heavy atom. The van der Waals surface area contributed by atoms with E-state index in [9.17, 15) is 4.79 Å². The Labute approximate surface area is 227 Å². The summed E-state index contributed by atoms with van der Waals surface area (Å²) in [6, 6.07) is 22.4. The number of aromatic nitrogens is 1. The molecule has 3 aromatic carbocycles. The molecule has 0 unspecified atom stereocenters. The fraction of sp³-hybridized carbons (Fsp3) is 0.286. The minimum atomic E-state index is 0. The van der Waals surface area contributed by atoms with Crippen LogP contribution in [-0.4, -0.2) is 55.2 Å². The van der Waals surface area contributed by atoms with Gasteiger partial charge in [0.05, 0.1) is 29.9 Å². The summed E-state index contributed by atoms with van der Waals surface area (Å²) in [4.78, 5) is 22.6. The summed E-state index contributed by atoms with van der Waals surface area (Å²) >= 11 is 7.81. The lowest BCUT2D eigenvalue weighted by atomic mass is 10.0. The third-order valence-corrected chi connectivity index (χ3v) is 7.57. The van der Waals surface area contributed by atoms with Crippen molar-refractivity contribution in [2.75, 3.05) is 44.3 Å². The highest BCUT2D eigenvalue weighted by atomic mass is 35.5. The molecule has 0 saturated carbocycles. The van der Waals surface area contributed by atoms with Crippen molar-refractivity contribution in [2.24, 2.45) is 0 Å². The SMILES string of the molecule is Cc1cc(Cl)cc2sc(N(CCN3CCOCC3)C(=O)Cc3ccc(-c4ccccc4)cc3)nc12.Cl. The highest BCUT2D eigenvalue weighted by Crippen LogP contribution is 2.33. The van der Waals surface area contributed by atoms with Gasteiger partial charge in [-0.05, 0) is 41.3 Å². The van der Waals surface area contributed by atoms with Crippen LogP contribution in [0.3, 0.4) is 0 Å². The Bertz CT molecular complexity index is 1310. The van der Waals surface area contributed by atoms with Crippen LogP contribution in [0.25, 0.3) is 21.3 Å². The molecular weight excluding hydrogens is 513 g/mol. The van der Waals surface area contributed by atoms with Crippen molar-refractivity contribution in [2.45, 2.75) is 13.3 Å². The molecular formula is C28H29Cl2N3O2S. The lowest BCUT2D eigenvalue weighted by Gasteiger charge is -2.29. The number of thiazole rings is 1. The molecule has 1 fully saturated rings. The van der Waals surface area contributed by atoms with Crippen molar-refractivity contribution >= 4 is 56.6 Å². The monoisotopic (exact) mass is 541 g/mol. The van der Waals surface area contributed by atoms with E-state index in [0.29, 0.717) is 18.0 Å². The van der Waals surface area contributed by atoms with Crippen molar-refractivity contribution in [3.8, 4) is 11.1 Å². The van der Waals surface area contributed by atoms with E-state index in [1.165, 1.54) is 16.9 Å². The summed E-state index contributed by atoms with van der Waals surface area (Å²) in [6.07, 6.45) is 0.327. The number of aryl methyl sites for hydroxylation is 1. The minimum absolute atomic E-state index is 0. The predicted molar refractivity (Wildman–Crippen MR) is 152 cm³/mol. The van der Waals surface area contributed by atoms with Crippen LogP contribution in [0.15, 0.2) is 66.7 Å². The standard InChI is InChI=1S/C28H28ClN3O2S.ClH/c1-20-17-24(29)19-25-27(20)30-28(35-25)32(12-11-31-13-15-34-16-14-31)26(33)18-21-7-9-23(10-8-21)22-5-3-2-4-6-22;/h2-10,17,19H,11-16,18H2,1H3;1H. The van der Waals surface area contributed by atoms with Crippen LogP contribution in [0.1, 0.15) is 11.1 Å². The van der Waals surface area contributed by atoms with E-state index in [0.717, 1.165) is 64.9 Å². The number of ether oxygens (including phenoxy) is 1. The molecule has 0 spiro atoms. The van der Waals surface area contributed by atoms with Gasteiger partial charge in [0.1, 0.15) is 0 Å². The molecule has 0 aliphatic carbocycles. The second-order valence-electron chi connectivity index (χ2n) is 8.80. The van der Waals surface area contributed by atoms with Crippen LogP contribution in [0.5, 0.6) is 0 Å². The maximum atomic E-state index is 13.6. The average molecular weight is 543 g/mol. The molecule has 1 aliphatic rings. The first-order chi connectivity index (χ1) is 17.1. The van der Waals surface area contributed by atoms with Gasteiger partial charge in [-0.3, -0.25) is 14.6 Å². The van der Waals surface area contributed by atoms with Crippen LogP contribution in [-0.2, 0) is 16.0 Å². The van der Waals surface area contributed by atoms with Crippen LogP contribution >= 0.6 is 35.3 Å². The van der Waals surface area contributed by atoms with Crippen molar-refractivity contribution in [3.63, 3.8) is 0 Å². The average Bonchev–Trinajstić information content (AvgIpc) is 3.30. The van der Waals surface area contributed by atoms with E-state index in [4.69, 9.17) is 21.3 Å². The number of hydrogen-bond donors (Lipinski definition) is 0. The van der Waals surface area contributed by atoms with Crippen LogP contribution in [0.2, 0.25) is 5.02 Å². The minimum Gasteiger partial charge on any atom is -0.379 e. The quantitative estimate of drug-likeness (QED) is 0.277. The van der Waals surface area contributed by atoms with E-state index < -0.39 is 0 Å². The summed E-state index contributed by atoms with van der Waals surface area (Å²) in [5.41, 5.74) is 5.23. The van der Waals surface area contributed by atoms with E-state index in [1.807, 2.05) is 54.3 Å². The molecule has 0 radical (unpaired) electrons. The first-order valence-electron chi connectivity index (χ1n) is 11.9. The molecule has 5 nitrogen and oxygen atoms in total. The zero-order valence-electron chi connectivity index (χ0n) is 20.2. The molecule has 0 bridgehead atoms. The molecule has 1 aliphatic heterocycles. The maximum Gasteiger partial charge on any atom is 0.233 e. The van der Waals surface area contributed by atoms with Gasteiger partial charge in [-0.1, -0.05) is 77.5 Å². The molecule has 4 aromatic rings. The van der Waals surface area contributed by atoms with Crippen molar-refractivity contribution in [1.82, 2.24) is 9.88 Å². The molecule has 1 amide bonds. The Morgan fingerprint density at radius 1 is 1.06 bits per heavy atom. The first kappa shape index (κ1) is 26.6. The summed E-state index contributed by atoms with van der Waals surface area (Å²) in [5, 5.41) is 1.42. The van der Waals surface area contributed by atoms with Gasteiger partial charge < -0.3 is 4.74 Å². The van der Waals surface area contributed by atoms with Gasteiger partial charge in [-0.25, -0.2) is 4.98 Å². The van der Waals surface area contributed by atoms with Gasteiger partial charge in [0, 0.05) is 31.2 Å². The van der Waals surface area contributed by atoms with E-state index in [1.54, 1.807) is 0 Å². The molecule has 1 saturated heterocycles. The summed E-state index contributed by atoms with van der Waals surface area (Å²) in [6.45, 7) is 6.63. The van der Waals surface area contributed by atoms with Crippen LogP contribution in [0, 0.1) is 6.92 Å². The van der Waals surface area contributed by atoms with Crippen molar-refractivity contribution in [1.29, 1.82) is 0 Å². The molecule has 5 rings (SSSR count). The topological polar surface area (TPSA) is 45.7 Å². The highest BCUT2D eigenvalue weighted by molar-refractivity contribution is 7.22. The molecule has 2 heterocycles. The smallest absolute Gasteiger partial charge is 0.233 e. The molecule has 8 heteroatoms. The molecule has 0 atom stereocenters. The Hall–Kier alpha value is -2.48. The van der Waals surface area contributed by atoms with Gasteiger partial charge in [0.15, 0.2) is 5.13 Å². The first-order valence-corrected chi connectivity index (χ1v) is 13.1. The third-order valence-electron chi connectivity index (χ3n) is 6.33. The highest BCUT2D eigenvalue weighted by Gasteiger charge is 2.22. The van der Waals surface area contributed by atoms with Gasteiger partial charge in [-0.15, -0.1) is 12.4 Å². The Balaban J connectivity index is 0.00000304. The molecule has 0 N–H and O–H groups in total. The number of carbonyl (C=O) groups is 1. The number of halogens is 2. The molecule has 1 aromatic heterocycles. The Morgan fingerprint density at radius 2 is 1.75 bits per heavy atom. The number of carbonyl (C=O) groups excluding carboxylic acids is 1. The number of benzene rings is 3. The number of fused-ring (bicyclic) bond motifs is 1. The van der Waals surface area contributed by atoms with Crippen molar-refractivity contribution < 1.29 is 9.53 Å². The predicted octanol–water partition coefficient (Wildman–Crippen LogP) is 6.25. The van der Waals surface area contributed by atoms with Gasteiger partial charge >= 0.3 is 0 Å². The third kappa shape index (κ3) is 6.25. The van der Waals surface area contributed by atoms with Gasteiger partial charge in [0.25, 0.3) is 0 Å². The molecule has 36 heavy (non-hydrogen) atoms.